The highest BCUT2D eigenvalue weighted by Crippen LogP contribution is 2.49. The van der Waals surface area contributed by atoms with Crippen molar-refractivity contribution in [1.82, 2.24) is 43.1 Å². The van der Waals surface area contributed by atoms with Gasteiger partial charge in [-0.15, -0.1) is 0 Å². The van der Waals surface area contributed by atoms with Crippen LogP contribution in [0.15, 0.2) is 484 Å². The van der Waals surface area contributed by atoms with E-state index in [9.17, 15) is 0 Å². The summed E-state index contributed by atoms with van der Waals surface area (Å²) in [6.45, 7) is 0. The van der Waals surface area contributed by atoms with E-state index in [1.165, 1.54) is 136 Å². The highest BCUT2D eigenvalue weighted by Gasteiger charge is 2.26. The first-order valence-corrected chi connectivity index (χ1v) is 49.7. The minimum Gasteiger partial charge on any atom is -0.455 e. The molecule has 0 bridgehead atoms. The minimum absolute atomic E-state index is 0.910. The van der Waals surface area contributed by atoms with Gasteiger partial charge in [0.1, 0.15) is 28.1 Å². The molecular weight excluding hydrogens is 1780 g/mol. The van der Waals surface area contributed by atoms with Crippen molar-refractivity contribution in [3.05, 3.63) is 480 Å². The molecule has 0 aliphatic rings. The van der Waals surface area contributed by atoms with E-state index in [0.29, 0.717) is 0 Å². The Balaban J connectivity index is 0.0000000999. The molecule has 0 saturated carbocycles. The van der Waals surface area contributed by atoms with Crippen LogP contribution in [0.25, 0.3) is 312 Å². The largest absolute Gasteiger partial charge is 0.455 e. The van der Waals surface area contributed by atoms with Crippen LogP contribution in [0.3, 0.4) is 0 Å². The molecule has 146 heavy (non-hydrogen) atoms. The van der Waals surface area contributed by atoms with Gasteiger partial charge < -0.3 is 4.42 Å². The van der Waals surface area contributed by atoms with Crippen LogP contribution in [0.2, 0.25) is 0 Å². The number of furan rings is 1. The molecule has 33 aromatic rings. The summed E-state index contributed by atoms with van der Waals surface area (Å²) in [7, 11) is 0. The first kappa shape index (κ1) is 81.2. The van der Waals surface area contributed by atoms with Gasteiger partial charge in [0.05, 0.1) is 82.4 Å². The van der Waals surface area contributed by atoms with E-state index in [-0.39, 0.29) is 0 Å². The van der Waals surface area contributed by atoms with Gasteiger partial charge in [0.2, 0.25) is 0 Å². The SMILES string of the molecule is c1cc(-c2ccc3c(c2)c2ccc4cccnc4c2c2nc4ccccc4n32)cc(-c2cc3c4ccccc4c4ccccc4c3c3ccccc23)c1.c1cc(-c2ccc3c(c2)c2ccc4cccnc4c2c2nc4ccccc4n32)cc(-c2cccc3c2oc2ccccc23)c1.c1cc(-c2ccc3c4ccccc4c4ccccc4c3c2)cc(-c2ccc3c(c2)c2ccc4cccnc4c2c2nc4ccccc4n32)c1. The van der Waals surface area contributed by atoms with Crippen LogP contribution in [0, 0.1) is 0 Å². The molecule has 0 saturated heterocycles. The lowest BCUT2D eigenvalue weighted by atomic mass is 9.87. The lowest BCUT2D eigenvalue weighted by Gasteiger charge is -2.17. The van der Waals surface area contributed by atoms with Gasteiger partial charge in [0.25, 0.3) is 0 Å². The number of benzene rings is 23. The first-order valence-electron chi connectivity index (χ1n) is 49.7. The van der Waals surface area contributed by atoms with Crippen LogP contribution >= 0.6 is 0 Å². The predicted molar refractivity (Wildman–Crippen MR) is 611 cm³/mol. The van der Waals surface area contributed by atoms with Crippen LogP contribution in [-0.2, 0) is 0 Å². The van der Waals surface area contributed by atoms with Crippen molar-refractivity contribution < 1.29 is 4.42 Å². The fourth-order valence-corrected chi connectivity index (χ4v) is 24.2. The van der Waals surface area contributed by atoms with Crippen molar-refractivity contribution in [2.75, 3.05) is 0 Å². The Morgan fingerprint density at radius 2 is 0.466 bits per heavy atom. The number of para-hydroxylation sites is 8. The second-order valence-electron chi connectivity index (χ2n) is 38.5. The van der Waals surface area contributed by atoms with Crippen molar-refractivity contribution in [1.29, 1.82) is 0 Å². The summed E-state index contributed by atoms with van der Waals surface area (Å²) < 4.78 is 13.3. The average Bonchev–Trinajstić information content (AvgIpc) is 1.44. The molecule has 0 aliphatic heterocycles. The van der Waals surface area contributed by atoms with E-state index >= 15 is 0 Å². The Kier molecular flexibility index (Phi) is 17.8. The summed E-state index contributed by atoms with van der Waals surface area (Å²) >= 11 is 0. The maximum Gasteiger partial charge on any atom is 0.148 e. The molecular formula is C136H79N9O. The highest BCUT2D eigenvalue weighted by atomic mass is 16.3. The quantitative estimate of drug-likeness (QED) is 0.153. The van der Waals surface area contributed by atoms with E-state index in [0.717, 1.165) is 176 Å². The summed E-state index contributed by atoms with van der Waals surface area (Å²) in [6, 6.07) is 166. The zero-order chi connectivity index (χ0) is 95.5. The minimum atomic E-state index is 0.910. The molecule has 23 aromatic carbocycles. The molecule has 33 rings (SSSR count). The molecule has 0 unspecified atom stereocenters. The topological polar surface area (TPSA) is 104 Å². The number of pyridine rings is 6. The molecule has 0 atom stereocenters. The lowest BCUT2D eigenvalue weighted by Crippen LogP contribution is -1.94. The zero-order valence-corrected chi connectivity index (χ0v) is 78.5. The van der Waals surface area contributed by atoms with Gasteiger partial charge in [-0.1, -0.05) is 334 Å². The second-order valence-corrected chi connectivity index (χ2v) is 38.5. The first-order chi connectivity index (χ1) is 72.4. The fourth-order valence-electron chi connectivity index (χ4n) is 24.2. The third kappa shape index (κ3) is 12.3. The normalized spacial score (nSPS) is 12.1. The van der Waals surface area contributed by atoms with Crippen molar-refractivity contribution >= 4 is 245 Å². The van der Waals surface area contributed by atoms with E-state index in [1.807, 2.05) is 55.0 Å². The van der Waals surface area contributed by atoms with Gasteiger partial charge in [-0.05, 0) is 280 Å². The van der Waals surface area contributed by atoms with Gasteiger partial charge in [-0.25, -0.2) is 15.0 Å². The smallest absolute Gasteiger partial charge is 0.148 e. The van der Waals surface area contributed by atoms with Gasteiger partial charge in [-0.3, -0.25) is 28.2 Å². The number of hydrogen-bond acceptors (Lipinski definition) is 7. The molecule has 10 heterocycles. The van der Waals surface area contributed by atoms with Crippen molar-refractivity contribution in [2.45, 2.75) is 0 Å². The summed E-state index contributed by atoms with van der Waals surface area (Å²) in [5.41, 5.74) is 31.3. The number of hydrogen-bond donors (Lipinski definition) is 0. The molecule has 10 aromatic heterocycles. The Labute approximate surface area is 833 Å². The van der Waals surface area contributed by atoms with Gasteiger partial charge in [0, 0.05) is 67.2 Å². The summed E-state index contributed by atoms with van der Waals surface area (Å²) in [6.07, 6.45) is 5.63. The molecule has 0 radical (unpaired) electrons. The van der Waals surface area contributed by atoms with E-state index in [2.05, 4.69) is 438 Å². The highest BCUT2D eigenvalue weighted by molar-refractivity contribution is 6.34. The van der Waals surface area contributed by atoms with E-state index < -0.39 is 0 Å². The molecule has 10 nitrogen and oxygen atoms in total. The van der Waals surface area contributed by atoms with Gasteiger partial charge in [0.15, 0.2) is 0 Å². The predicted octanol–water partition coefficient (Wildman–Crippen LogP) is 36.0. The standard InChI is InChI=1S/C50H29N3.C46H27N3.C40H23N3O/c1-2-16-36-34(14-1)35-15-3-5-18-38(35)47-39-19-6-4-17-37(39)41(29-43(36)47)33-12-9-11-31(27-33)32-23-25-45-42(28-32)40-24-22-30-13-10-26-51-49(30)48(40)50-52-44-20-7-8-21-46(44)53(45)50;1-2-14-35-33(12-1)34-13-3-4-15-36(34)39-26-31(19-21-37(35)39)29-9-7-10-30(25-29)32-20-23-42-40(27-32)38-22-18-28-11-8-24-47-45(28)44(38)46-48-41-16-5-6-17-43(41)49(42)46;1-4-16-36-29(11-1)31-13-6-12-28(39(31)44-36)27-9-5-8-25(22-27)26-18-20-34-32(23-26)30-19-17-24-10-7-21-41-38(24)37(30)40-42-33-14-2-3-15-35(33)43(34)40/h1-29H;1-27H;1-23H. The summed E-state index contributed by atoms with van der Waals surface area (Å²) in [5.74, 6) is 0. The number of nitrogens with zero attached hydrogens (tertiary/aromatic N) is 9. The van der Waals surface area contributed by atoms with Crippen LogP contribution in [-0.4, -0.2) is 43.1 Å². The Morgan fingerprint density at radius 3 is 0.911 bits per heavy atom. The maximum absolute atomic E-state index is 6.38. The number of imidazole rings is 3. The van der Waals surface area contributed by atoms with Crippen molar-refractivity contribution in [3.8, 4) is 66.8 Å². The van der Waals surface area contributed by atoms with Crippen molar-refractivity contribution in [2.24, 2.45) is 0 Å². The van der Waals surface area contributed by atoms with E-state index in [1.54, 1.807) is 0 Å². The summed E-state index contributed by atoms with van der Waals surface area (Å²) in [5, 5.41) is 33.9. The van der Waals surface area contributed by atoms with Crippen molar-refractivity contribution in [3.63, 3.8) is 0 Å². The Morgan fingerprint density at radius 1 is 0.164 bits per heavy atom. The second kappa shape index (κ2) is 31.9. The Bertz CT molecular complexity index is 11500. The molecule has 10 heteroatoms. The Hall–Kier alpha value is -19.7. The monoisotopic (exact) mass is 1850 g/mol. The molecule has 0 N–H and O–H groups in total. The van der Waals surface area contributed by atoms with Gasteiger partial charge >= 0.3 is 0 Å². The lowest BCUT2D eigenvalue weighted by molar-refractivity contribution is 0.670. The van der Waals surface area contributed by atoms with E-state index in [4.69, 9.17) is 34.3 Å². The third-order valence-corrected chi connectivity index (χ3v) is 30.7. The van der Waals surface area contributed by atoms with Gasteiger partial charge in [-0.2, -0.15) is 0 Å². The number of fused-ring (bicyclic) bond motifs is 47. The fraction of sp³-hybridized carbons (Fsp3) is 0. The van der Waals surface area contributed by atoms with Crippen LogP contribution in [0.1, 0.15) is 0 Å². The molecule has 0 fully saturated rings. The zero-order valence-electron chi connectivity index (χ0n) is 78.5. The maximum atomic E-state index is 6.38. The average molecular weight is 1860 g/mol. The molecule has 0 spiro atoms. The number of aromatic nitrogens is 9. The van der Waals surface area contributed by atoms with Crippen LogP contribution < -0.4 is 0 Å². The molecule has 0 aliphatic carbocycles. The summed E-state index contributed by atoms with van der Waals surface area (Å²) in [4.78, 5) is 30.0. The van der Waals surface area contributed by atoms with Crippen LogP contribution in [0.5, 0.6) is 0 Å². The third-order valence-electron chi connectivity index (χ3n) is 30.7. The molecule has 0 amide bonds. The van der Waals surface area contributed by atoms with Crippen LogP contribution in [0.4, 0.5) is 0 Å². The number of rotatable bonds is 6. The molecule has 674 valence electrons.